The van der Waals surface area contributed by atoms with Crippen LogP contribution in [-0.4, -0.2) is 71.3 Å². The van der Waals surface area contributed by atoms with Gasteiger partial charge in [0, 0.05) is 38.1 Å². The smallest absolute Gasteiger partial charge is 0.260 e. The lowest BCUT2D eigenvalue weighted by molar-refractivity contribution is -0.138. The summed E-state index contributed by atoms with van der Waals surface area (Å²) in [5.74, 6) is 1.10. The fraction of sp³-hybridized carbons (Fsp3) is 0.520. The molecule has 0 spiro atoms. The van der Waals surface area contributed by atoms with Gasteiger partial charge in [0.05, 0.1) is 12.7 Å². The predicted octanol–water partition coefficient (Wildman–Crippen LogP) is 3.05. The van der Waals surface area contributed by atoms with Gasteiger partial charge in [-0.15, -0.1) is 0 Å². The second-order valence-corrected chi connectivity index (χ2v) is 8.81. The van der Waals surface area contributed by atoms with Crippen LogP contribution in [0, 0.1) is 0 Å². The van der Waals surface area contributed by atoms with E-state index in [1.807, 2.05) is 24.4 Å². The Morgan fingerprint density at radius 3 is 2.62 bits per heavy atom. The third-order valence-electron chi connectivity index (χ3n) is 6.65. The highest BCUT2D eigenvalue weighted by atomic mass is 16.5. The maximum atomic E-state index is 12.7. The summed E-state index contributed by atoms with van der Waals surface area (Å²) in [6.07, 6.45) is 8.32. The number of pyridine rings is 1. The van der Waals surface area contributed by atoms with E-state index in [0.717, 1.165) is 19.4 Å². The number of methoxy groups -OCH3 is 1. The van der Waals surface area contributed by atoms with Crippen LogP contribution >= 0.6 is 0 Å². The van der Waals surface area contributed by atoms with Gasteiger partial charge in [-0.1, -0.05) is 24.6 Å². The van der Waals surface area contributed by atoms with Crippen molar-refractivity contribution in [2.75, 3.05) is 39.9 Å². The molecule has 2 aliphatic heterocycles. The van der Waals surface area contributed by atoms with Gasteiger partial charge in [0.25, 0.3) is 5.91 Å². The number of hydrogen-bond acceptors (Lipinski definition) is 6. The molecule has 1 amide bonds. The van der Waals surface area contributed by atoms with E-state index in [1.54, 1.807) is 30.3 Å². The van der Waals surface area contributed by atoms with Gasteiger partial charge in [-0.3, -0.25) is 14.7 Å². The van der Waals surface area contributed by atoms with Gasteiger partial charge in [-0.25, -0.2) is 0 Å². The molecule has 1 aromatic carbocycles. The SMILES string of the molecule is COc1ccccc1OCC(=O)N1CCC(O)(CN2CCCC[C@H]2c2cccnc2)CC1. The van der Waals surface area contributed by atoms with Crippen LogP contribution in [0.2, 0.25) is 0 Å². The van der Waals surface area contributed by atoms with Crippen LogP contribution in [0.3, 0.4) is 0 Å². The zero-order valence-electron chi connectivity index (χ0n) is 18.8. The first-order valence-electron chi connectivity index (χ1n) is 11.5. The standard InChI is InChI=1S/C25H33N3O4/c1-31-22-9-2-3-10-23(22)32-18-24(29)27-15-11-25(30,12-16-27)19-28-14-5-4-8-21(28)20-7-6-13-26-17-20/h2-3,6-7,9-10,13,17,21,30H,4-5,8,11-12,14-16,18-19H2,1H3/t21-/m0/s1. The Morgan fingerprint density at radius 2 is 1.91 bits per heavy atom. The third kappa shape index (κ3) is 5.40. The van der Waals surface area contributed by atoms with E-state index in [1.165, 1.54) is 12.0 Å². The van der Waals surface area contributed by atoms with Crippen molar-refractivity contribution in [3.8, 4) is 11.5 Å². The van der Waals surface area contributed by atoms with Gasteiger partial charge >= 0.3 is 0 Å². The first kappa shape index (κ1) is 22.6. The van der Waals surface area contributed by atoms with E-state index in [4.69, 9.17) is 9.47 Å². The summed E-state index contributed by atoms with van der Waals surface area (Å²) in [6, 6.07) is 11.7. The molecule has 2 aromatic rings. The van der Waals surface area contributed by atoms with Crippen LogP contribution in [-0.2, 0) is 4.79 Å². The Balaban J connectivity index is 1.30. The van der Waals surface area contributed by atoms with Crippen LogP contribution in [0.4, 0.5) is 0 Å². The second kappa shape index (κ2) is 10.3. The Morgan fingerprint density at radius 1 is 1.12 bits per heavy atom. The fourth-order valence-corrected chi connectivity index (χ4v) is 4.81. The molecule has 0 radical (unpaired) electrons. The van der Waals surface area contributed by atoms with E-state index in [9.17, 15) is 9.90 Å². The topological polar surface area (TPSA) is 75.1 Å². The lowest BCUT2D eigenvalue weighted by Gasteiger charge is -2.44. The molecular weight excluding hydrogens is 406 g/mol. The first-order chi connectivity index (χ1) is 15.6. The van der Waals surface area contributed by atoms with Gasteiger partial charge in [0.2, 0.25) is 0 Å². The number of aliphatic hydroxyl groups is 1. The average Bonchev–Trinajstić information content (AvgIpc) is 2.84. The Hall–Kier alpha value is -2.64. The van der Waals surface area contributed by atoms with Crippen LogP contribution < -0.4 is 9.47 Å². The number of benzene rings is 1. The summed E-state index contributed by atoms with van der Waals surface area (Å²) in [4.78, 5) is 21.2. The molecule has 1 N–H and O–H groups in total. The number of amides is 1. The number of rotatable bonds is 7. The number of likely N-dealkylation sites (tertiary alicyclic amines) is 2. The molecule has 1 atom stereocenters. The van der Waals surface area contributed by atoms with Crippen molar-refractivity contribution in [1.29, 1.82) is 0 Å². The van der Waals surface area contributed by atoms with E-state index >= 15 is 0 Å². The number of ether oxygens (including phenoxy) is 2. The minimum Gasteiger partial charge on any atom is -0.493 e. The quantitative estimate of drug-likeness (QED) is 0.715. The molecule has 2 aliphatic rings. The Labute approximate surface area is 190 Å². The van der Waals surface area contributed by atoms with Gasteiger partial charge in [-0.2, -0.15) is 0 Å². The summed E-state index contributed by atoms with van der Waals surface area (Å²) in [7, 11) is 1.58. The highest BCUT2D eigenvalue weighted by molar-refractivity contribution is 5.78. The van der Waals surface area contributed by atoms with Gasteiger partial charge in [-0.05, 0) is 56.0 Å². The number of para-hydroxylation sites is 2. The van der Waals surface area contributed by atoms with Crippen molar-refractivity contribution in [3.05, 3.63) is 54.4 Å². The molecule has 4 rings (SSSR count). The largest absolute Gasteiger partial charge is 0.493 e. The number of carbonyl (C=O) groups is 1. The van der Waals surface area contributed by atoms with Gasteiger partial charge in [0.15, 0.2) is 18.1 Å². The van der Waals surface area contributed by atoms with E-state index in [0.29, 0.717) is 50.0 Å². The first-order valence-corrected chi connectivity index (χ1v) is 11.5. The molecule has 0 aliphatic carbocycles. The summed E-state index contributed by atoms with van der Waals surface area (Å²) in [5.41, 5.74) is 0.440. The molecule has 3 heterocycles. The molecule has 0 unspecified atom stereocenters. The van der Waals surface area contributed by atoms with Gasteiger partial charge < -0.3 is 19.5 Å². The maximum absolute atomic E-state index is 12.7. The molecule has 172 valence electrons. The molecule has 0 saturated carbocycles. The molecule has 7 nitrogen and oxygen atoms in total. The normalized spacial score (nSPS) is 21.2. The summed E-state index contributed by atoms with van der Waals surface area (Å²) in [5, 5.41) is 11.3. The fourth-order valence-electron chi connectivity index (χ4n) is 4.81. The summed E-state index contributed by atoms with van der Waals surface area (Å²) < 4.78 is 11.0. The number of carbonyl (C=O) groups excluding carboxylic acids is 1. The molecule has 7 heteroatoms. The van der Waals surface area contributed by atoms with Crippen LogP contribution in [0.5, 0.6) is 11.5 Å². The lowest BCUT2D eigenvalue weighted by atomic mass is 9.88. The zero-order chi connectivity index (χ0) is 22.4. The highest BCUT2D eigenvalue weighted by Crippen LogP contribution is 2.34. The highest BCUT2D eigenvalue weighted by Gasteiger charge is 2.38. The van der Waals surface area contributed by atoms with Crippen molar-refractivity contribution in [1.82, 2.24) is 14.8 Å². The molecular formula is C25H33N3O4. The molecule has 2 fully saturated rings. The number of piperidine rings is 2. The number of hydrogen-bond donors (Lipinski definition) is 1. The van der Waals surface area contributed by atoms with Crippen molar-refractivity contribution in [3.63, 3.8) is 0 Å². The average molecular weight is 440 g/mol. The minimum absolute atomic E-state index is 0.0337. The molecule has 0 bridgehead atoms. The van der Waals surface area contributed by atoms with Gasteiger partial charge in [0.1, 0.15) is 0 Å². The number of nitrogens with zero attached hydrogens (tertiary/aromatic N) is 3. The van der Waals surface area contributed by atoms with E-state index in [2.05, 4.69) is 16.0 Å². The van der Waals surface area contributed by atoms with E-state index in [-0.39, 0.29) is 12.5 Å². The van der Waals surface area contributed by atoms with E-state index < -0.39 is 5.60 Å². The second-order valence-electron chi connectivity index (χ2n) is 8.81. The molecule has 1 aromatic heterocycles. The Bertz CT molecular complexity index is 884. The van der Waals surface area contributed by atoms with Crippen LogP contribution in [0.25, 0.3) is 0 Å². The monoisotopic (exact) mass is 439 g/mol. The maximum Gasteiger partial charge on any atom is 0.260 e. The van der Waals surface area contributed by atoms with Crippen molar-refractivity contribution >= 4 is 5.91 Å². The summed E-state index contributed by atoms with van der Waals surface area (Å²) in [6.45, 7) is 2.66. The van der Waals surface area contributed by atoms with Crippen molar-refractivity contribution in [2.45, 2.75) is 43.7 Å². The number of β-amino-alcohol motifs (C(OH)–C–C–N with tert-alkyl or cyclic N) is 1. The van der Waals surface area contributed by atoms with Crippen molar-refractivity contribution in [2.24, 2.45) is 0 Å². The molecule has 2 saturated heterocycles. The minimum atomic E-state index is -0.780. The van der Waals surface area contributed by atoms with Crippen molar-refractivity contribution < 1.29 is 19.4 Å². The predicted molar refractivity (Wildman–Crippen MR) is 122 cm³/mol. The van der Waals surface area contributed by atoms with Crippen LogP contribution in [0.15, 0.2) is 48.8 Å². The lowest BCUT2D eigenvalue weighted by Crippen LogP contribution is -2.53. The Kier molecular flexibility index (Phi) is 7.27. The number of aromatic nitrogens is 1. The summed E-state index contributed by atoms with van der Waals surface area (Å²) >= 11 is 0. The third-order valence-corrected chi connectivity index (χ3v) is 6.65. The molecule has 32 heavy (non-hydrogen) atoms. The van der Waals surface area contributed by atoms with Crippen LogP contribution in [0.1, 0.15) is 43.7 Å². The zero-order valence-corrected chi connectivity index (χ0v) is 18.8.